The van der Waals surface area contributed by atoms with Gasteiger partial charge in [-0.05, 0) is 46.6 Å². The summed E-state index contributed by atoms with van der Waals surface area (Å²) in [6.07, 6.45) is 1.58. The lowest BCUT2D eigenvalue weighted by molar-refractivity contribution is -0.120. The second kappa shape index (κ2) is 4.30. The van der Waals surface area contributed by atoms with Crippen LogP contribution in [0.2, 0.25) is 0 Å². The highest BCUT2D eigenvalue weighted by Crippen LogP contribution is 2.44. The van der Waals surface area contributed by atoms with Gasteiger partial charge in [-0.15, -0.1) is 0 Å². The quantitative estimate of drug-likeness (QED) is 0.673. The predicted octanol–water partition coefficient (Wildman–Crippen LogP) is 2.11. The maximum atomic E-state index is 12.6. The van der Waals surface area contributed by atoms with Crippen LogP contribution in [-0.2, 0) is 10.5 Å². The molecule has 22 heavy (non-hydrogen) atoms. The van der Waals surface area contributed by atoms with Crippen molar-refractivity contribution in [3.63, 3.8) is 0 Å². The summed E-state index contributed by atoms with van der Waals surface area (Å²) in [4.78, 5) is 29.2. The van der Waals surface area contributed by atoms with Crippen LogP contribution in [0, 0.1) is 6.92 Å². The fourth-order valence-corrected chi connectivity index (χ4v) is 3.50. The number of halogens is 1. The molecule has 7 heteroatoms. The van der Waals surface area contributed by atoms with Gasteiger partial charge >= 0.3 is 0 Å². The zero-order chi connectivity index (χ0) is 15.5. The maximum Gasteiger partial charge on any atom is 0.276 e. The summed E-state index contributed by atoms with van der Waals surface area (Å²) in [7, 11) is 0. The first-order valence-electron chi connectivity index (χ1n) is 6.70. The van der Waals surface area contributed by atoms with E-state index in [4.69, 9.17) is 0 Å². The van der Waals surface area contributed by atoms with Crippen molar-refractivity contribution in [2.75, 3.05) is 10.6 Å². The van der Waals surface area contributed by atoms with Gasteiger partial charge in [-0.1, -0.05) is 6.07 Å². The topological polar surface area (TPSA) is 83.1 Å². The number of hydrogen-bond acceptors (Lipinski definition) is 4. The van der Waals surface area contributed by atoms with Crippen LogP contribution in [0.25, 0.3) is 0 Å². The van der Waals surface area contributed by atoms with Crippen molar-refractivity contribution in [2.24, 2.45) is 0 Å². The Morgan fingerprint density at radius 1 is 1.18 bits per heavy atom. The van der Waals surface area contributed by atoms with Crippen molar-refractivity contribution in [3.05, 3.63) is 51.6 Å². The van der Waals surface area contributed by atoms with Crippen LogP contribution in [0.1, 0.15) is 21.5 Å². The summed E-state index contributed by atoms with van der Waals surface area (Å²) in [5.74, 6) is -0.278. The molecule has 6 nitrogen and oxygen atoms in total. The second-order valence-electron chi connectivity index (χ2n) is 5.30. The molecule has 3 N–H and O–H groups in total. The number of fused-ring (bicyclic) bond motifs is 3. The Kier molecular flexibility index (Phi) is 2.59. The first-order chi connectivity index (χ1) is 10.5. The first kappa shape index (κ1) is 13.3. The Hall–Kier alpha value is -2.41. The number of aryl methyl sites for hydroxylation is 1. The van der Waals surface area contributed by atoms with E-state index >= 15 is 0 Å². The summed E-state index contributed by atoms with van der Waals surface area (Å²) in [6.45, 7) is 1.93. The lowest BCUT2D eigenvalue weighted by Crippen LogP contribution is -2.59. The van der Waals surface area contributed by atoms with Crippen LogP contribution in [-0.4, -0.2) is 16.8 Å². The van der Waals surface area contributed by atoms with Gasteiger partial charge in [0, 0.05) is 16.2 Å². The third kappa shape index (κ3) is 1.57. The van der Waals surface area contributed by atoms with Gasteiger partial charge in [-0.2, -0.15) is 0 Å². The molecule has 110 valence electrons. The second-order valence-corrected chi connectivity index (χ2v) is 6.09. The van der Waals surface area contributed by atoms with Crippen LogP contribution >= 0.6 is 15.9 Å². The van der Waals surface area contributed by atoms with Crippen LogP contribution in [0.15, 0.2) is 34.9 Å². The lowest BCUT2D eigenvalue weighted by Gasteiger charge is -2.35. The van der Waals surface area contributed by atoms with E-state index in [0.29, 0.717) is 22.6 Å². The van der Waals surface area contributed by atoms with Crippen molar-refractivity contribution < 1.29 is 9.59 Å². The fourth-order valence-electron chi connectivity index (χ4n) is 2.85. The molecule has 2 aliphatic rings. The number of amides is 2. The van der Waals surface area contributed by atoms with Crippen LogP contribution in [0.5, 0.6) is 0 Å². The normalized spacial score (nSPS) is 21.7. The molecule has 0 radical (unpaired) electrons. The van der Waals surface area contributed by atoms with E-state index in [1.54, 1.807) is 18.3 Å². The number of hydrogen-bond donors (Lipinski definition) is 3. The van der Waals surface area contributed by atoms with E-state index in [-0.39, 0.29) is 11.8 Å². The summed E-state index contributed by atoms with van der Waals surface area (Å²) in [5, 5.41) is 8.68. The Labute approximate surface area is 134 Å². The van der Waals surface area contributed by atoms with E-state index in [0.717, 1.165) is 10.0 Å². The molecule has 0 unspecified atom stereocenters. The monoisotopic (exact) mass is 358 g/mol. The number of carbonyl (C=O) groups excluding carboxylic acids is 2. The molecule has 1 aromatic heterocycles. The van der Waals surface area contributed by atoms with Gasteiger partial charge < -0.3 is 16.0 Å². The highest BCUT2D eigenvalue weighted by Gasteiger charge is 2.52. The van der Waals surface area contributed by atoms with Gasteiger partial charge in [0.2, 0.25) is 5.66 Å². The average Bonchev–Trinajstić information content (AvgIpc) is 2.76. The van der Waals surface area contributed by atoms with E-state index in [9.17, 15) is 9.59 Å². The molecule has 1 aromatic carbocycles. The number of nitrogens with zero attached hydrogens (tertiary/aromatic N) is 1. The summed E-state index contributed by atoms with van der Waals surface area (Å²) < 4.78 is 0.774. The zero-order valence-corrected chi connectivity index (χ0v) is 13.1. The fraction of sp³-hybridized carbons (Fsp3) is 0.133. The van der Waals surface area contributed by atoms with E-state index in [2.05, 4.69) is 36.9 Å². The van der Waals surface area contributed by atoms with E-state index in [1.807, 2.05) is 19.1 Å². The van der Waals surface area contributed by atoms with Crippen LogP contribution in [0.3, 0.4) is 0 Å². The zero-order valence-electron chi connectivity index (χ0n) is 11.5. The van der Waals surface area contributed by atoms with Crippen molar-refractivity contribution in [2.45, 2.75) is 12.6 Å². The maximum absolute atomic E-state index is 12.6. The van der Waals surface area contributed by atoms with Crippen LogP contribution < -0.4 is 16.0 Å². The minimum Gasteiger partial charge on any atom is -0.335 e. The van der Waals surface area contributed by atoms with E-state index < -0.39 is 5.66 Å². The Bertz CT molecular complexity index is 851. The number of nitrogens with one attached hydrogen (secondary N) is 3. The summed E-state index contributed by atoms with van der Waals surface area (Å²) in [5.41, 5.74) is 1.37. The first-order valence-corrected chi connectivity index (χ1v) is 7.49. The summed E-state index contributed by atoms with van der Waals surface area (Å²) >= 11 is 3.53. The number of aromatic nitrogens is 1. The Balaban J connectivity index is 1.97. The van der Waals surface area contributed by atoms with E-state index in [1.165, 1.54) is 0 Å². The molecular formula is C15H11BrN4O2. The number of rotatable bonds is 0. The molecule has 1 spiro atoms. The number of pyridine rings is 1. The van der Waals surface area contributed by atoms with Crippen LogP contribution in [0.4, 0.5) is 11.5 Å². The largest absolute Gasteiger partial charge is 0.335 e. The average molecular weight is 359 g/mol. The van der Waals surface area contributed by atoms with Gasteiger partial charge in [0.1, 0.15) is 5.82 Å². The van der Waals surface area contributed by atoms with Gasteiger partial charge in [0.05, 0.1) is 11.3 Å². The van der Waals surface area contributed by atoms with Gasteiger partial charge in [0.15, 0.2) is 0 Å². The molecule has 0 bridgehead atoms. The van der Waals surface area contributed by atoms with Crippen molar-refractivity contribution in [3.8, 4) is 0 Å². The van der Waals surface area contributed by atoms with Gasteiger partial charge in [0.25, 0.3) is 11.8 Å². The smallest absolute Gasteiger partial charge is 0.276 e. The SMILES string of the molecule is Cc1ccc2c(c1Br)[C@]1(NC(=O)c3cccnc3N1)C(=O)N2. The lowest BCUT2D eigenvalue weighted by atomic mass is 9.95. The molecule has 0 fully saturated rings. The number of carbonyl (C=O) groups is 2. The molecule has 2 aliphatic heterocycles. The minimum atomic E-state index is -1.35. The number of anilines is 2. The number of benzene rings is 1. The Morgan fingerprint density at radius 3 is 2.82 bits per heavy atom. The highest BCUT2D eigenvalue weighted by molar-refractivity contribution is 9.10. The van der Waals surface area contributed by atoms with Crippen molar-refractivity contribution in [1.29, 1.82) is 0 Å². The molecule has 3 heterocycles. The molecule has 0 aliphatic carbocycles. The molecule has 1 atom stereocenters. The molecular weight excluding hydrogens is 348 g/mol. The van der Waals surface area contributed by atoms with Crippen molar-refractivity contribution >= 4 is 39.2 Å². The third-order valence-electron chi connectivity index (χ3n) is 3.96. The van der Waals surface area contributed by atoms with Crippen molar-refractivity contribution in [1.82, 2.24) is 10.3 Å². The molecule has 0 saturated heterocycles. The molecule has 2 aromatic rings. The summed E-state index contributed by atoms with van der Waals surface area (Å²) in [6, 6.07) is 7.07. The van der Waals surface area contributed by atoms with Gasteiger partial charge in [-0.3, -0.25) is 9.59 Å². The molecule has 2 amide bonds. The third-order valence-corrected chi connectivity index (χ3v) is 4.98. The predicted molar refractivity (Wildman–Crippen MR) is 84.5 cm³/mol. The minimum absolute atomic E-state index is 0.335. The van der Waals surface area contributed by atoms with Gasteiger partial charge in [-0.25, -0.2) is 4.98 Å². The highest BCUT2D eigenvalue weighted by atomic mass is 79.9. The molecule has 4 rings (SSSR count). The molecule has 0 saturated carbocycles. The standard InChI is InChI=1S/C15H11BrN4O2/c1-7-4-5-9-10(11(7)16)15(14(22)18-9)19-12-8(13(21)20-15)3-2-6-17-12/h2-6H,1H3,(H,17,19)(H,18,22)(H,20,21)/t15-/m0/s1. The Morgan fingerprint density at radius 2 is 2.00 bits per heavy atom.